The standard InChI is InChI=1S/C10H15N3O3/c1-6(14)3-7-4-8(13(15)16)5-9(11)10(7)12-2/h4-6,12,14H,3,11H2,1-2H3. The highest BCUT2D eigenvalue weighted by Gasteiger charge is 2.15. The lowest BCUT2D eigenvalue weighted by Crippen LogP contribution is -2.09. The van der Waals surface area contributed by atoms with Crippen molar-refractivity contribution in [2.24, 2.45) is 0 Å². The lowest BCUT2D eigenvalue weighted by atomic mass is 10.0. The number of nitro benzene ring substituents is 1. The van der Waals surface area contributed by atoms with Crippen molar-refractivity contribution in [2.45, 2.75) is 19.4 Å². The predicted octanol–water partition coefficient (Wildman–Crippen LogP) is 1.14. The van der Waals surface area contributed by atoms with Gasteiger partial charge in [0.05, 0.1) is 22.4 Å². The molecule has 0 bridgehead atoms. The lowest BCUT2D eigenvalue weighted by Gasteiger charge is -2.13. The first kappa shape index (κ1) is 12.3. The summed E-state index contributed by atoms with van der Waals surface area (Å²) in [6, 6.07) is 2.73. The molecule has 4 N–H and O–H groups in total. The van der Waals surface area contributed by atoms with Gasteiger partial charge in [-0.25, -0.2) is 0 Å². The summed E-state index contributed by atoms with van der Waals surface area (Å²) in [6.45, 7) is 1.62. The summed E-state index contributed by atoms with van der Waals surface area (Å²) in [4.78, 5) is 10.2. The highest BCUT2D eigenvalue weighted by molar-refractivity contribution is 5.73. The van der Waals surface area contributed by atoms with Crippen LogP contribution >= 0.6 is 0 Å². The molecule has 0 saturated carbocycles. The van der Waals surface area contributed by atoms with Crippen LogP contribution in [0.5, 0.6) is 0 Å². The van der Waals surface area contributed by atoms with Crippen LogP contribution in [0, 0.1) is 10.1 Å². The number of rotatable bonds is 4. The van der Waals surface area contributed by atoms with Gasteiger partial charge in [-0.2, -0.15) is 0 Å². The number of nitrogens with two attached hydrogens (primary N) is 1. The molecule has 6 nitrogen and oxygen atoms in total. The second-order valence-electron chi connectivity index (χ2n) is 3.63. The van der Waals surface area contributed by atoms with Crippen molar-refractivity contribution in [1.29, 1.82) is 0 Å². The van der Waals surface area contributed by atoms with Crippen LogP contribution in [-0.2, 0) is 6.42 Å². The Bertz CT molecular complexity index is 405. The second-order valence-corrected chi connectivity index (χ2v) is 3.63. The van der Waals surface area contributed by atoms with Gasteiger partial charge in [-0.3, -0.25) is 10.1 Å². The lowest BCUT2D eigenvalue weighted by molar-refractivity contribution is -0.384. The topological polar surface area (TPSA) is 101 Å². The van der Waals surface area contributed by atoms with Crippen LogP contribution in [-0.4, -0.2) is 23.2 Å². The van der Waals surface area contributed by atoms with E-state index in [-0.39, 0.29) is 5.69 Å². The molecule has 0 fully saturated rings. The van der Waals surface area contributed by atoms with E-state index in [4.69, 9.17) is 5.73 Å². The van der Waals surface area contributed by atoms with Gasteiger partial charge in [-0.05, 0) is 12.5 Å². The Morgan fingerprint density at radius 1 is 1.62 bits per heavy atom. The molecule has 0 amide bonds. The van der Waals surface area contributed by atoms with Gasteiger partial charge in [-0.15, -0.1) is 0 Å². The summed E-state index contributed by atoms with van der Waals surface area (Å²) in [6.07, 6.45) is -0.254. The molecule has 0 aromatic heterocycles. The van der Waals surface area contributed by atoms with Crippen molar-refractivity contribution in [3.8, 4) is 0 Å². The molecule has 16 heavy (non-hydrogen) atoms. The third kappa shape index (κ3) is 2.60. The number of benzene rings is 1. The van der Waals surface area contributed by atoms with E-state index in [0.29, 0.717) is 23.4 Å². The summed E-state index contributed by atoms with van der Waals surface area (Å²) in [5.41, 5.74) is 7.22. The molecule has 1 atom stereocenters. The summed E-state index contributed by atoms with van der Waals surface area (Å²) in [5.74, 6) is 0. The molecule has 0 saturated heterocycles. The van der Waals surface area contributed by atoms with E-state index < -0.39 is 11.0 Å². The highest BCUT2D eigenvalue weighted by atomic mass is 16.6. The fraction of sp³-hybridized carbons (Fsp3) is 0.400. The molecule has 0 aliphatic heterocycles. The normalized spacial score (nSPS) is 12.2. The average Bonchev–Trinajstić information content (AvgIpc) is 2.16. The number of hydrogen-bond acceptors (Lipinski definition) is 5. The Balaban J connectivity index is 3.25. The van der Waals surface area contributed by atoms with Crippen LogP contribution in [0.3, 0.4) is 0 Å². The van der Waals surface area contributed by atoms with Crippen molar-refractivity contribution < 1.29 is 10.0 Å². The molecule has 0 radical (unpaired) electrons. The number of non-ortho nitro benzene ring substituents is 1. The van der Waals surface area contributed by atoms with Crippen LogP contribution in [0.25, 0.3) is 0 Å². The first-order valence-corrected chi connectivity index (χ1v) is 4.88. The molecule has 6 heteroatoms. The third-order valence-electron chi connectivity index (χ3n) is 2.21. The van der Waals surface area contributed by atoms with Crippen LogP contribution in [0.4, 0.5) is 17.1 Å². The fourth-order valence-electron chi connectivity index (χ4n) is 1.60. The van der Waals surface area contributed by atoms with Gasteiger partial charge in [0.25, 0.3) is 5.69 Å². The van der Waals surface area contributed by atoms with Gasteiger partial charge in [-0.1, -0.05) is 0 Å². The number of aliphatic hydroxyl groups excluding tert-OH is 1. The van der Waals surface area contributed by atoms with Gasteiger partial charge in [0.2, 0.25) is 0 Å². The van der Waals surface area contributed by atoms with E-state index in [0.717, 1.165) is 0 Å². The van der Waals surface area contributed by atoms with Gasteiger partial charge in [0.15, 0.2) is 0 Å². The monoisotopic (exact) mass is 225 g/mol. The van der Waals surface area contributed by atoms with Crippen LogP contribution < -0.4 is 11.1 Å². The maximum atomic E-state index is 10.7. The molecular weight excluding hydrogens is 210 g/mol. The van der Waals surface area contributed by atoms with E-state index in [2.05, 4.69) is 5.32 Å². The molecule has 0 aliphatic carbocycles. The molecule has 1 aromatic carbocycles. The summed E-state index contributed by atoms with van der Waals surface area (Å²) < 4.78 is 0. The SMILES string of the molecule is CNc1c(N)cc([N+](=O)[O-])cc1CC(C)O. The summed E-state index contributed by atoms with van der Waals surface area (Å²) in [7, 11) is 1.68. The minimum Gasteiger partial charge on any atom is -0.397 e. The molecule has 88 valence electrons. The molecular formula is C10H15N3O3. The van der Waals surface area contributed by atoms with Gasteiger partial charge in [0.1, 0.15) is 0 Å². The van der Waals surface area contributed by atoms with Gasteiger partial charge >= 0.3 is 0 Å². The fourth-order valence-corrected chi connectivity index (χ4v) is 1.60. The van der Waals surface area contributed by atoms with Gasteiger partial charge < -0.3 is 16.2 Å². The first-order valence-electron chi connectivity index (χ1n) is 4.88. The van der Waals surface area contributed by atoms with E-state index >= 15 is 0 Å². The van der Waals surface area contributed by atoms with Crippen molar-refractivity contribution in [3.63, 3.8) is 0 Å². The number of nitro groups is 1. The number of nitrogen functional groups attached to an aromatic ring is 1. The highest BCUT2D eigenvalue weighted by Crippen LogP contribution is 2.29. The Hall–Kier alpha value is -1.82. The van der Waals surface area contributed by atoms with Crippen molar-refractivity contribution in [3.05, 3.63) is 27.8 Å². The minimum atomic E-state index is -0.575. The first-order chi connectivity index (χ1) is 7.45. The van der Waals surface area contributed by atoms with Crippen molar-refractivity contribution >= 4 is 17.1 Å². The second kappa shape index (κ2) is 4.80. The number of aliphatic hydroxyl groups is 1. The minimum absolute atomic E-state index is 0.0628. The maximum Gasteiger partial charge on any atom is 0.271 e. The zero-order valence-electron chi connectivity index (χ0n) is 9.23. The zero-order valence-corrected chi connectivity index (χ0v) is 9.23. The van der Waals surface area contributed by atoms with Crippen molar-refractivity contribution in [1.82, 2.24) is 0 Å². The van der Waals surface area contributed by atoms with E-state index in [1.165, 1.54) is 12.1 Å². The Morgan fingerprint density at radius 3 is 2.69 bits per heavy atom. The largest absolute Gasteiger partial charge is 0.397 e. The number of hydrogen-bond donors (Lipinski definition) is 3. The maximum absolute atomic E-state index is 10.7. The summed E-state index contributed by atoms with van der Waals surface area (Å²) in [5, 5.41) is 22.8. The number of nitrogens with zero attached hydrogens (tertiary/aromatic N) is 1. The third-order valence-corrected chi connectivity index (χ3v) is 2.21. The average molecular weight is 225 g/mol. The van der Waals surface area contributed by atoms with E-state index in [1.807, 2.05) is 0 Å². The zero-order chi connectivity index (χ0) is 12.3. The Kier molecular flexibility index (Phi) is 3.68. The van der Waals surface area contributed by atoms with Crippen LogP contribution in [0.2, 0.25) is 0 Å². The molecule has 0 spiro atoms. The molecule has 0 heterocycles. The number of nitrogens with one attached hydrogen (secondary N) is 1. The molecule has 1 aromatic rings. The van der Waals surface area contributed by atoms with Crippen molar-refractivity contribution in [2.75, 3.05) is 18.1 Å². The van der Waals surface area contributed by atoms with E-state index in [9.17, 15) is 15.2 Å². The quantitative estimate of drug-likeness (QED) is 0.405. The molecule has 1 unspecified atom stereocenters. The summed E-state index contributed by atoms with van der Waals surface area (Å²) >= 11 is 0. The Morgan fingerprint density at radius 2 is 2.25 bits per heavy atom. The van der Waals surface area contributed by atoms with Crippen LogP contribution in [0.1, 0.15) is 12.5 Å². The van der Waals surface area contributed by atoms with E-state index in [1.54, 1.807) is 14.0 Å². The number of anilines is 2. The predicted molar refractivity (Wildman–Crippen MR) is 62.4 cm³/mol. The Labute approximate surface area is 93.2 Å². The van der Waals surface area contributed by atoms with Crippen LogP contribution in [0.15, 0.2) is 12.1 Å². The van der Waals surface area contributed by atoms with Gasteiger partial charge in [0, 0.05) is 25.6 Å². The smallest absolute Gasteiger partial charge is 0.271 e. The molecule has 0 aliphatic rings. The molecule has 1 rings (SSSR count).